The van der Waals surface area contributed by atoms with Gasteiger partial charge in [0.1, 0.15) is 0 Å². The molecular formula is C26H51KO6S. The Morgan fingerprint density at radius 1 is 0.794 bits per heavy atom. The van der Waals surface area contributed by atoms with Crippen molar-refractivity contribution in [2.45, 2.75) is 142 Å². The summed E-state index contributed by atoms with van der Waals surface area (Å²) in [6.07, 6.45) is 22.3. The Hall–Kier alpha value is 0.716. The molecule has 0 saturated carbocycles. The Morgan fingerprint density at radius 2 is 1.35 bits per heavy atom. The summed E-state index contributed by atoms with van der Waals surface area (Å²) in [5, 5.41) is 9.92. The van der Waals surface area contributed by atoms with Crippen molar-refractivity contribution in [2.24, 2.45) is 0 Å². The van der Waals surface area contributed by atoms with E-state index in [0.29, 0.717) is 12.8 Å². The van der Waals surface area contributed by atoms with Gasteiger partial charge >= 0.3 is 67.8 Å². The second-order valence-corrected chi connectivity index (χ2v) is 10.2. The van der Waals surface area contributed by atoms with Crippen LogP contribution < -0.4 is 0 Å². The summed E-state index contributed by atoms with van der Waals surface area (Å²) < 4.78 is 32.6. The number of carbonyl (C=O) groups excluding carboxylic acids is 1. The molecule has 0 aromatic heterocycles. The molecule has 8 heteroatoms. The van der Waals surface area contributed by atoms with E-state index < -0.39 is 16.4 Å². The fourth-order valence-electron chi connectivity index (χ4n) is 3.58. The summed E-state index contributed by atoms with van der Waals surface area (Å²) in [7, 11) is -4.23. The Bertz CT molecular complexity index is 580. The average molecular weight is 531 g/mol. The molecule has 0 amide bonds. The average Bonchev–Trinajstić information content (AvgIpc) is 2.77. The van der Waals surface area contributed by atoms with Crippen LogP contribution >= 0.6 is 0 Å². The number of carbonyl (C=O) groups is 1. The number of aliphatic hydroxyl groups is 1. The summed E-state index contributed by atoms with van der Waals surface area (Å²) in [6.45, 7) is 4.40. The minimum atomic E-state index is -4.23. The van der Waals surface area contributed by atoms with E-state index in [9.17, 15) is 18.3 Å². The van der Waals surface area contributed by atoms with E-state index in [-0.39, 0.29) is 70.5 Å². The molecule has 0 rings (SSSR count). The summed E-state index contributed by atoms with van der Waals surface area (Å²) in [4.78, 5) is 11.7. The zero-order valence-electron chi connectivity index (χ0n) is 21.3. The first-order chi connectivity index (χ1) is 15.9. The third-order valence-corrected chi connectivity index (χ3v) is 6.48. The molecule has 0 saturated heterocycles. The van der Waals surface area contributed by atoms with Crippen molar-refractivity contribution in [2.75, 3.05) is 6.61 Å². The van der Waals surface area contributed by atoms with Gasteiger partial charge in [0.25, 0.3) is 0 Å². The summed E-state index contributed by atoms with van der Waals surface area (Å²) in [5.74, 6) is -0.742. The zero-order chi connectivity index (χ0) is 24.6. The van der Waals surface area contributed by atoms with Gasteiger partial charge in [0.2, 0.25) is 0 Å². The molecule has 0 aliphatic carbocycles. The third-order valence-electron chi connectivity index (χ3n) is 5.64. The predicted molar refractivity (Wildman–Crippen MR) is 142 cm³/mol. The molecule has 198 valence electrons. The van der Waals surface area contributed by atoms with Gasteiger partial charge in [0.15, 0.2) is 0 Å². The summed E-state index contributed by atoms with van der Waals surface area (Å²) in [6, 6.07) is 0. The maximum absolute atomic E-state index is 11.7. The molecule has 0 heterocycles. The van der Waals surface area contributed by atoms with Crippen molar-refractivity contribution < 1.29 is 26.7 Å². The maximum atomic E-state index is 11.7. The number of aliphatic hydroxyl groups excluding tert-OH is 1. The molecule has 0 aromatic rings. The van der Waals surface area contributed by atoms with Crippen LogP contribution in [0.4, 0.5) is 0 Å². The van der Waals surface area contributed by atoms with Gasteiger partial charge in [0.05, 0.1) is 12.7 Å². The van der Waals surface area contributed by atoms with Crippen LogP contribution in [0.2, 0.25) is 0 Å². The summed E-state index contributed by atoms with van der Waals surface area (Å²) in [5.41, 5.74) is 0. The number of hydrogen-bond acceptors (Lipinski definition) is 6. The van der Waals surface area contributed by atoms with Crippen LogP contribution in [0, 0.1) is 0 Å². The van der Waals surface area contributed by atoms with Crippen molar-refractivity contribution in [3.8, 4) is 0 Å². The zero-order valence-corrected chi connectivity index (χ0v) is 22.1. The summed E-state index contributed by atoms with van der Waals surface area (Å²) >= 11 is 0. The van der Waals surface area contributed by atoms with Crippen molar-refractivity contribution in [1.82, 2.24) is 0 Å². The van der Waals surface area contributed by atoms with Gasteiger partial charge in [0, 0.05) is 6.42 Å². The van der Waals surface area contributed by atoms with Crippen LogP contribution in [0.5, 0.6) is 0 Å². The van der Waals surface area contributed by atoms with Gasteiger partial charge in [-0.15, -0.1) is 0 Å². The first-order valence-electron chi connectivity index (χ1n) is 13.4. The Labute approximate surface area is 252 Å². The first kappa shape index (κ1) is 36.9. The monoisotopic (exact) mass is 530 g/mol. The van der Waals surface area contributed by atoms with E-state index in [0.717, 1.165) is 70.6 Å². The van der Waals surface area contributed by atoms with Crippen LogP contribution in [-0.4, -0.2) is 83.6 Å². The minimum absolute atomic E-state index is 0. The molecule has 6 nitrogen and oxygen atoms in total. The topological polar surface area (TPSA) is 89.9 Å². The van der Waals surface area contributed by atoms with Crippen LogP contribution in [0.25, 0.3) is 0 Å². The Morgan fingerprint density at radius 3 is 2.03 bits per heavy atom. The van der Waals surface area contributed by atoms with Crippen molar-refractivity contribution >= 4 is 67.8 Å². The molecule has 1 N–H and O–H groups in total. The molecule has 0 aliphatic rings. The van der Waals surface area contributed by atoms with E-state index in [1.54, 1.807) is 0 Å². The Balaban J connectivity index is 0. The molecule has 0 aliphatic heterocycles. The SMILES string of the molecule is CCCCCCCCOS(=O)(=O)OC(=O)CCCCCCC/C=C\C[C@H](O)CCCCCC.[KH]. The molecule has 0 spiro atoms. The van der Waals surface area contributed by atoms with E-state index in [2.05, 4.69) is 30.2 Å². The Kier molecular flexibility index (Phi) is 29.0. The molecule has 0 aromatic carbocycles. The quantitative estimate of drug-likeness (QED) is 0.0869. The van der Waals surface area contributed by atoms with Crippen LogP contribution in [0.3, 0.4) is 0 Å². The van der Waals surface area contributed by atoms with Crippen molar-refractivity contribution in [3.05, 3.63) is 12.2 Å². The van der Waals surface area contributed by atoms with Gasteiger partial charge in [-0.05, 0) is 38.5 Å². The van der Waals surface area contributed by atoms with Crippen LogP contribution in [0.15, 0.2) is 12.2 Å². The van der Waals surface area contributed by atoms with E-state index in [4.69, 9.17) is 4.18 Å². The third kappa shape index (κ3) is 27.3. The number of allylic oxidation sites excluding steroid dienone is 1. The van der Waals surface area contributed by atoms with Crippen molar-refractivity contribution in [1.29, 1.82) is 0 Å². The standard InChI is InChI=1S/C26H50O6S.K.H/c1-3-5-7-9-16-20-24-31-33(29,30)32-26(28)23-19-15-13-11-10-12-14-18-22-25(27)21-17-8-6-4-2;;/h14,18,25,27H,3-13,15-17,19-24H2,1-2H3;;/b18-14-;;/t25-;;/m1../s1. The van der Waals surface area contributed by atoms with Gasteiger partial charge in [-0.3, -0.25) is 4.79 Å². The fraction of sp³-hybridized carbons (Fsp3) is 0.885. The molecule has 0 bridgehead atoms. The molecule has 0 unspecified atom stereocenters. The van der Waals surface area contributed by atoms with E-state index in [1.807, 2.05) is 0 Å². The van der Waals surface area contributed by atoms with Crippen molar-refractivity contribution in [3.63, 3.8) is 0 Å². The normalized spacial score (nSPS) is 12.6. The van der Waals surface area contributed by atoms with Crippen LogP contribution in [0.1, 0.15) is 136 Å². The van der Waals surface area contributed by atoms with Gasteiger partial charge in [-0.2, -0.15) is 8.42 Å². The second-order valence-electron chi connectivity index (χ2n) is 8.97. The van der Waals surface area contributed by atoms with Gasteiger partial charge in [-0.1, -0.05) is 103 Å². The molecule has 34 heavy (non-hydrogen) atoms. The number of unbranched alkanes of at least 4 members (excludes halogenated alkanes) is 13. The fourth-order valence-corrected chi connectivity index (χ4v) is 4.26. The van der Waals surface area contributed by atoms with E-state index in [1.165, 1.54) is 32.1 Å². The van der Waals surface area contributed by atoms with E-state index >= 15 is 0 Å². The predicted octanol–water partition coefficient (Wildman–Crippen LogP) is 6.51. The molecule has 0 fully saturated rings. The van der Waals surface area contributed by atoms with Gasteiger partial charge in [-0.25, -0.2) is 4.18 Å². The van der Waals surface area contributed by atoms with Gasteiger partial charge < -0.3 is 9.29 Å². The molecular weight excluding hydrogens is 479 g/mol. The first-order valence-corrected chi connectivity index (χ1v) is 14.7. The number of hydrogen-bond donors (Lipinski definition) is 1. The molecule has 1 atom stereocenters. The number of rotatable bonds is 24. The van der Waals surface area contributed by atoms with Crippen LogP contribution in [-0.2, 0) is 23.6 Å². The molecule has 0 radical (unpaired) electrons. The second kappa shape index (κ2) is 26.8.